The number of carbonyl (C=O) groups is 2. The fourth-order valence-corrected chi connectivity index (χ4v) is 3.37. The van der Waals surface area contributed by atoms with Gasteiger partial charge in [-0.15, -0.1) is 0 Å². The Morgan fingerprint density at radius 2 is 1.31 bits per heavy atom. The monoisotopic (exact) mass is 394 g/mol. The summed E-state index contributed by atoms with van der Waals surface area (Å²) in [5.74, 6) is -1.80. The molecule has 2 N–H and O–H groups in total. The highest BCUT2D eigenvalue weighted by Gasteiger charge is 2.15. The summed E-state index contributed by atoms with van der Waals surface area (Å²) in [7, 11) is 0. The van der Waals surface area contributed by atoms with Gasteiger partial charge in [0.15, 0.2) is 0 Å². The van der Waals surface area contributed by atoms with Crippen LogP contribution in [0.4, 0.5) is 0 Å². The molecule has 29 heavy (non-hydrogen) atoms. The maximum atomic E-state index is 10.9. The molecule has 0 spiro atoms. The van der Waals surface area contributed by atoms with Gasteiger partial charge in [0.2, 0.25) is 0 Å². The van der Waals surface area contributed by atoms with Gasteiger partial charge in [-0.2, -0.15) is 0 Å². The van der Waals surface area contributed by atoms with Crippen molar-refractivity contribution in [1.29, 1.82) is 0 Å². The van der Waals surface area contributed by atoms with Crippen LogP contribution < -0.4 is 0 Å². The van der Waals surface area contributed by atoms with E-state index in [9.17, 15) is 9.59 Å². The van der Waals surface area contributed by atoms with Crippen LogP contribution in [0.3, 0.4) is 0 Å². The SMILES string of the molecule is O=C(O)c1ccc(/C=C/CN2CCN(CCc3ccc(C(=O)O)cc3)CC2)cc1. The maximum Gasteiger partial charge on any atom is 0.335 e. The van der Waals surface area contributed by atoms with Crippen LogP contribution in [0.2, 0.25) is 0 Å². The average Bonchev–Trinajstić information content (AvgIpc) is 2.74. The van der Waals surface area contributed by atoms with Gasteiger partial charge in [0, 0.05) is 39.3 Å². The van der Waals surface area contributed by atoms with E-state index in [1.807, 2.05) is 30.3 Å². The third-order valence-corrected chi connectivity index (χ3v) is 5.21. The third-order valence-electron chi connectivity index (χ3n) is 5.21. The number of rotatable bonds is 8. The second-order valence-electron chi connectivity index (χ2n) is 7.22. The Bertz CT molecular complexity index is 851. The van der Waals surface area contributed by atoms with Crippen molar-refractivity contribution in [2.45, 2.75) is 6.42 Å². The summed E-state index contributed by atoms with van der Waals surface area (Å²) in [6, 6.07) is 14.0. The molecule has 1 fully saturated rings. The second-order valence-corrected chi connectivity index (χ2v) is 7.22. The standard InChI is InChI=1S/C23H26N2O4/c26-22(27)20-7-3-18(4-8-20)2-1-12-24-14-16-25(17-15-24)13-11-19-5-9-21(10-6-19)23(28)29/h1-10H,11-17H2,(H,26,27)(H,28,29)/b2-1+. The van der Waals surface area contributed by atoms with E-state index in [0.717, 1.165) is 56.8 Å². The Balaban J connectivity index is 1.37. The molecule has 2 aromatic carbocycles. The number of carboxylic acid groups (broad SMARTS) is 2. The van der Waals surface area contributed by atoms with Gasteiger partial charge in [-0.3, -0.25) is 4.90 Å². The highest BCUT2D eigenvalue weighted by Crippen LogP contribution is 2.09. The van der Waals surface area contributed by atoms with E-state index >= 15 is 0 Å². The predicted molar refractivity (Wildman–Crippen MR) is 112 cm³/mol. The topological polar surface area (TPSA) is 81.1 Å². The Morgan fingerprint density at radius 3 is 1.86 bits per heavy atom. The molecule has 0 saturated carbocycles. The number of benzene rings is 2. The molecule has 0 atom stereocenters. The third kappa shape index (κ3) is 6.27. The molecule has 6 heteroatoms. The minimum absolute atomic E-state index is 0.302. The number of hydrogen-bond donors (Lipinski definition) is 2. The van der Waals surface area contributed by atoms with Crippen molar-refractivity contribution in [2.24, 2.45) is 0 Å². The molecule has 1 aliphatic rings. The molecule has 0 unspecified atom stereocenters. The first-order chi connectivity index (χ1) is 14.0. The van der Waals surface area contributed by atoms with Crippen LogP contribution in [0.25, 0.3) is 6.08 Å². The van der Waals surface area contributed by atoms with Gasteiger partial charge >= 0.3 is 11.9 Å². The molecule has 2 aromatic rings. The molecule has 0 amide bonds. The van der Waals surface area contributed by atoms with Crippen molar-refractivity contribution < 1.29 is 19.8 Å². The number of carboxylic acids is 2. The largest absolute Gasteiger partial charge is 0.478 e. The minimum atomic E-state index is -0.907. The average molecular weight is 394 g/mol. The van der Waals surface area contributed by atoms with E-state index in [1.54, 1.807) is 24.3 Å². The molecule has 1 saturated heterocycles. The van der Waals surface area contributed by atoms with Crippen molar-refractivity contribution in [3.8, 4) is 0 Å². The summed E-state index contributed by atoms with van der Waals surface area (Å²) in [6.45, 7) is 5.93. The van der Waals surface area contributed by atoms with Crippen LogP contribution in [0.15, 0.2) is 54.6 Å². The smallest absolute Gasteiger partial charge is 0.335 e. The van der Waals surface area contributed by atoms with E-state index in [4.69, 9.17) is 10.2 Å². The first kappa shape index (κ1) is 20.8. The Kier molecular flexibility index (Phi) is 7.16. The zero-order valence-electron chi connectivity index (χ0n) is 16.3. The second kappa shape index (κ2) is 10.0. The van der Waals surface area contributed by atoms with Crippen LogP contribution in [0.1, 0.15) is 31.8 Å². The predicted octanol–water partition coefficient (Wildman–Crippen LogP) is 2.96. The Labute approximate surface area is 170 Å². The Morgan fingerprint density at radius 1 is 0.793 bits per heavy atom. The quantitative estimate of drug-likeness (QED) is 0.717. The summed E-state index contributed by atoms with van der Waals surface area (Å²) >= 11 is 0. The van der Waals surface area contributed by atoms with E-state index in [1.165, 1.54) is 0 Å². The van der Waals surface area contributed by atoms with Crippen LogP contribution in [-0.2, 0) is 6.42 Å². The number of piperazine rings is 1. The fraction of sp³-hybridized carbons (Fsp3) is 0.304. The lowest BCUT2D eigenvalue weighted by molar-refractivity contribution is 0.0686. The molecule has 0 aliphatic carbocycles. The van der Waals surface area contributed by atoms with Crippen LogP contribution in [-0.4, -0.2) is 71.2 Å². The first-order valence-electron chi connectivity index (χ1n) is 9.78. The molecule has 6 nitrogen and oxygen atoms in total. The van der Waals surface area contributed by atoms with Crippen LogP contribution >= 0.6 is 0 Å². The Hall–Kier alpha value is -2.96. The number of aromatic carboxylic acids is 2. The molecule has 0 bridgehead atoms. The molecule has 1 aliphatic heterocycles. The van der Waals surface area contributed by atoms with Crippen molar-refractivity contribution in [1.82, 2.24) is 9.80 Å². The normalized spacial score (nSPS) is 15.6. The van der Waals surface area contributed by atoms with Crippen molar-refractivity contribution in [3.05, 3.63) is 76.9 Å². The summed E-state index contributed by atoms with van der Waals surface area (Å²) in [5, 5.41) is 17.9. The summed E-state index contributed by atoms with van der Waals surface area (Å²) < 4.78 is 0. The molecule has 152 valence electrons. The minimum Gasteiger partial charge on any atom is -0.478 e. The number of nitrogens with zero attached hydrogens (tertiary/aromatic N) is 2. The summed E-state index contributed by atoms with van der Waals surface area (Å²) in [5.41, 5.74) is 2.79. The fourth-order valence-electron chi connectivity index (χ4n) is 3.37. The highest BCUT2D eigenvalue weighted by atomic mass is 16.4. The van der Waals surface area contributed by atoms with E-state index in [2.05, 4.69) is 15.9 Å². The summed E-state index contributed by atoms with van der Waals surface area (Å²) in [6.07, 6.45) is 5.07. The molecule has 1 heterocycles. The van der Waals surface area contributed by atoms with Gasteiger partial charge < -0.3 is 15.1 Å². The van der Waals surface area contributed by atoms with Gasteiger partial charge in [-0.25, -0.2) is 9.59 Å². The van der Waals surface area contributed by atoms with Gasteiger partial charge in [-0.05, 0) is 41.8 Å². The molecule has 0 aromatic heterocycles. The van der Waals surface area contributed by atoms with Gasteiger partial charge in [0.1, 0.15) is 0 Å². The number of hydrogen-bond acceptors (Lipinski definition) is 4. The zero-order chi connectivity index (χ0) is 20.6. The van der Waals surface area contributed by atoms with Gasteiger partial charge in [0.05, 0.1) is 11.1 Å². The van der Waals surface area contributed by atoms with Crippen LogP contribution in [0, 0.1) is 0 Å². The van der Waals surface area contributed by atoms with Gasteiger partial charge in [0.25, 0.3) is 0 Å². The van der Waals surface area contributed by atoms with Crippen molar-refractivity contribution in [3.63, 3.8) is 0 Å². The van der Waals surface area contributed by atoms with E-state index < -0.39 is 11.9 Å². The highest BCUT2D eigenvalue weighted by molar-refractivity contribution is 5.88. The zero-order valence-corrected chi connectivity index (χ0v) is 16.3. The summed E-state index contributed by atoms with van der Waals surface area (Å²) in [4.78, 5) is 26.6. The van der Waals surface area contributed by atoms with Crippen molar-refractivity contribution >= 4 is 18.0 Å². The lowest BCUT2D eigenvalue weighted by atomic mass is 10.1. The molecule has 0 radical (unpaired) electrons. The van der Waals surface area contributed by atoms with Crippen molar-refractivity contribution in [2.75, 3.05) is 39.3 Å². The van der Waals surface area contributed by atoms with E-state index in [0.29, 0.717) is 11.1 Å². The van der Waals surface area contributed by atoms with Crippen LogP contribution in [0.5, 0.6) is 0 Å². The molecule has 3 rings (SSSR count). The van der Waals surface area contributed by atoms with E-state index in [-0.39, 0.29) is 0 Å². The maximum absolute atomic E-state index is 10.9. The molecular weight excluding hydrogens is 368 g/mol. The van der Waals surface area contributed by atoms with Gasteiger partial charge in [-0.1, -0.05) is 36.4 Å². The lowest BCUT2D eigenvalue weighted by Crippen LogP contribution is -2.46. The first-order valence-corrected chi connectivity index (χ1v) is 9.78. The lowest BCUT2D eigenvalue weighted by Gasteiger charge is -2.34. The molecular formula is C23H26N2O4.